The molecule has 0 spiro atoms. The lowest BCUT2D eigenvalue weighted by Crippen LogP contribution is -1.96. The van der Waals surface area contributed by atoms with Crippen LogP contribution in [0.1, 0.15) is 27.7 Å². The second kappa shape index (κ2) is 13.1. The minimum absolute atomic E-state index is 0.0279. The zero-order valence-electron chi connectivity index (χ0n) is 10.9. The van der Waals surface area contributed by atoms with E-state index in [0.717, 1.165) is 45.7 Å². The summed E-state index contributed by atoms with van der Waals surface area (Å²) in [7, 11) is 5.01. The third-order valence-corrected chi connectivity index (χ3v) is 8.37. The van der Waals surface area contributed by atoms with Crippen molar-refractivity contribution in [3.63, 3.8) is 0 Å². The first-order chi connectivity index (χ1) is 8.91. The first kappa shape index (κ1) is 20.4. The molecule has 0 aliphatic rings. The van der Waals surface area contributed by atoms with Gasteiger partial charge >= 0.3 is 0 Å². The summed E-state index contributed by atoms with van der Waals surface area (Å²) in [5.74, 6) is 0. The Morgan fingerprint density at radius 1 is 0.842 bits per heavy atom. The molecule has 0 radical (unpaired) electrons. The molecule has 0 bridgehead atoms. The second-order valence-electron chi connectivity index (χ2n) is 3.48. The maximum absolute atomic E-state index is 11.3. The minimum atomic E-state index is -0.0897. The Balaban J connectivity index is 3.39. The molecular weight excluding hydrogens is 364 g/mol. The van der Waals surface area contributed by atoms with Crippen LogP contribution >= 0.6 is 67.3 Å². The molecule has 4 nitrogen and oxygen atoms in total. The van der Waals surface area contributed by atoms with Gasteiger partial charge in [0.2, 0.25) is 0 Å². The Bertz CT molecular complexity index is 247. The lowest BCUT2D eigenvalue weighted by Gasteiger charge is -2.04. The van der Waals surface area contributed by atoms with Gasteiger partial charge in [-0.1, -0.05) is 21.6 Å². The van der Waals surface area contributed by atoms with Crippen LogP contribution < -0.4 is 0 Å². The molecular formula is C9H16O4S6. The van der Waals surface area contributed by atoms with Gasteiger partial charge in [-0.2, -0.15) is 0 Å². The summed E-state index contributed by atoms with van der Waals surface area (Å²) in [4.78, 5) is 22.6. The predicted molar refractivity (Wildman–Crippen MR) is 93.6 cm³/mol. The van der Waals surface area contributed by atoms with Crippen molar-refractivity contribution in [1.82, 2.24) is 0 Å². The minimum Gasteiger partial charge on any atom is -0.305 e. The summed E-state index contributed by atoms with van der Waals surface area (Å²) in [5, 5.41) is 0.636. The van der Waals surface area contributed by atoms with Crippen molar-refractivity contribution in [2.24, 2.45) is 0 Å². The zero-order valence-corrected chi connectivity index (χ0v) is 15.8. The van der Waals surface area contributed by atoms with E-state index in [4.69, 9.17) is 8.37 Å². The van der Waals surface area contributed by atoms with E-state index in [-0.39, 0.29) is 21.1 Å². The lowest BCUT2D eigenvalue weighted by molar-refractivity contribution is 0.266. The topological polar surface area (TPSA) is 52.6 Å². The van der Waals surface area contributed by atoms with Crippen LogP contribution in [0.2, 0.25) is 0 Å². The van der Waals surface area contributed by atoms with Crippen LogP contribution in [0.5, 0.6) is 0 Å². The summed E-state index contributed by atoms with van der Waals surface area (Å²) in [6.45, 7) is 7.47. The molecule has 0 amide bonds. The van der Waals surface area contributed by atoms with E-state index in [1.165, 1.54) is 21.6 Å². The number of hydrogen-bond acceptors (Lipinski definition) is 10. The molecule has 0 heterocycles. The Kier molecular flexibility index (Phi) is 14.0. The molecule has 0 aliphatic carbocycles. The van der Waals surface area contributed by atoms with E-state index < -0.39 is 0 Å². The predicted octanol–water partition coefficient (Wildman–Crippen LogP) is 6.09. The Hall–Kier alpha value is 1.36. The first-order valence-electron chi connectivity index (χ1n) is 5.25. The highest BCUT2D eigenvalue weighted by atomic mass is 33.1. The molecule has 0 fully saturated rings. The van der Waals surface area contributed by atoms with E-state index in [1.54, 1.807) is 0 Å². The fraction of sp³-hybridized carbons (Fsp3) is 0.778. The highest BCUT2D eigenvalue weighted by molar-refractivity contribution is 8.92. The van der Waals surface area contributed by atoms with Gasteiger partial charge in [0.15, 0.2) is 0 Å². The Morgan fingerprint density at radius 3 is 1.53 bits per heavy atom. The number of rotatable bonds is 8. The van der Waals surface area contributed by atoms with Gasteiger partial charge < -0.3 is 8.37 Å². The van der Waals surface area contributed by atoms with Gasteiger partial charge in [-0.15, -0.1) is 0 Å². The van der Waals surface area contributed by atoms with Gasteiger partial charge in [0.1, 0.15) is 0 Å². The molecule has 0 unspecified atom stereocenters. The number of carbonyl (C=O) groups is 2. The van der Waals surface area contributed by atoms with E-state index in [2.05, 4.69) is 0 Å². The van der Waals surface area contributed by atoms with Gasteiger partial charge in [0.25, 0.3) is 8.89 Å². The van der Waals surface area contributed by atoms with Crippen molar-refractivity contribution in [2.45, 2.75) is 39.9 Å². The van der Waals surface area contributed by atoms with Crippen molar-refractivity contribution in [2.75, 3.05) is 5.08 Å². The van der Waals surface area contributed by atoms with Gasteiger partial charge in [-0.05, 0) is 49.3 Å². The molecule has 0 saturated carbocycles. The number of carbonyl (C=O) groups excluding carboxylic acids is 2. The zero-order chi connectivity index (χ0) is 14.7. The Morgan fingerprint density at radius 2 is 1.21 bits per heavy atom. The monoisotopic (exact) mass is 380 g/mol. The van der Waals surface area contributed by atoms with Crippen LogP contribution in [0.15, 0.2) is 0 Å². The third kappa shape index (κ3) is 15.6. The molecule has 10 heteroatoms. The van der Waals surface area contributed by atoms with Gasteiger partial charge in [0.05, 0.1) is 41.4 Å². The van der Waals surface area contributed by atoms with Crippen molar-refractivity contribution >= 4 is 76.2 Å². The molecule has 0 N–H and O–H groups in total. The number of hydrogen-bond donors (Lipinski definition) is 0. The highest BCUT2D eigenvalue weighted by Crippen LogP contribution is 2.38. The summed E-state index contributed by atoms with van der Waals surface area (Å²) >= 11 is 1.71. The van der Waals surface area contributed by atoms with Crippen LogP contribution in [0.25, 0.3) is 0 Å². The fourth-order valence-corrected chi connectivity index (χ4v) is 6.42. The van der Waals surface area contributed by atoms with Crippen molar-refractivity contribution < 1.29 is 18.0 Å². The molecule has 0 aliphatic heterocycles. The van der Waals surface area contributed by atoms with Crippen LogP contribution in [0, 0.1) is 0 Å². The Labute approximate surface area is 138 Å². The molecule has 112 valence electrons. The average molecular weight is 381 g/mol. The maximum atomic E-state index is 11.3. The molecule has 0 aromatic carbocycles. The average Bonchev–Trinajstić information content (AvgIpc) is 2.33. The van der Waals surface area contributed by atoms with Gasteiger partial charge in [-0.3, -0.25) is 9.59 Å². The maximum Gasteiger partial charge on any atom is 0.283 e. The van der Waals surface area contributed by atoms with Crippen LogP contribution in [0.3, 0.4) is 0 Å². The SMILES string of the molecule is CC(C)OSC(=O)SSCSSC(=O)SOC(C)C. The standard InChI is InChI=1S/C9H16O4S6/c1-6(2)12-16-8(10)18-14-5-15-19-9(11)17-13-7(3)4/h6-7H,5H2,1-4H3. The van der Waals surface area contributed by atoms with Crippen LogP contribution in [-0.2, 0) is 8.37 Å². The third-order valence-electron chi connectivity index (χ3n) is 0.967. The van der Waals surface area contributed by atoms with Gasteiger partial charge in [-0.25, -0.2) is 0 Å². The largest absolute Gasteiger partial charge is 0.305 e. The van der Waals surface area contributed by atoms with Crippen molar-refractivity contribution in [3.05, 3.63) is 0 Å². The second-order valence-corrected chi connectivity index (χ2v) is 10.4. The van der Waals surface area contributed by atoms with Crippen molar-refractivity contribution in [1.29, 1.82) is 0 Å². The van der Waals surface area contributed by atoms with Crippen LogP contribution in [0.4, 0.5) is 9.59 Å². The van der Waals surface area contributed by atoms with E-state index >= 15 is 0 Å². The highest BCUT2D eigenvalue weighted by Gasteiger charge is 2.09. The summed E-state index contributed by atoms with van der Waals surface area (Å²) in [5.41, 5.74) is 0. The summed E-state index contributed by atoms with van der Waals surface area (Å²) < 4.78 is 10.0. The molecule has 0 saturated heterocycles. The van der Waals surface area contributed by atoms with Gasteiger partial charge in [0, 0.05) is 0 Å². The molecule has 19 heavy (non-hydrogen) atoms. The normalized spacial score (nSPS) is 11.3. The fourth-order valence-electron chi connectivity index (χ4n) is 0.463. The summed E-state index contributed by atoms with van der Waals surface area (Å²) in [6, 6.07) is 0. The van der Waals surface area contributed by atoms with E-state index in [0.29, 0.717) is 5.08 Å². The van der Waals surface area contributed by atoms with Crippen LogP contribution in [-0.4, -0.2) is 26.2 Å². The molecule has 0 aromatic heterocycles. The first-order valence-corrected chi connectivity index (χ1v) is 11.4. The van der Waals surface area contributed by atoms with E-state index in [1.807, 2.05) is 27.7 Å². The smallest absolute Gasteiger partial charge is 0.283 e. The molecule has 0 aromatic rings. The summed E-state index contributed by atoms with van der Waals surface area (Å²) in [6.07, 6.45) is 0.0557. The van der Waals surface area contributed by atoms with E-state index in [9.17, 15) is 9.59 Å². The molecule has 0 atom stereocenters. The van der Waals surface area contributed by atoms with Crippen molar-refractivity contribution in [3.8, 4) is 0 Å². The quantitative estimate of drug-likeness (QED) is 0.214. The lowest BCUT2D eigenvalue weighted by atomic mass is 10.5. The molecule has 0 rings (SSSR count).